The van der Waals surface area contributed by atoms with Gasteiger partial charge in [-0.3, -0.25) is 14.9 Å². The molecule has 2 aromatic heterocycles. The Morgan fingerprint density at radius 2 is 1.15 bits per heavy atom. The monoisotopic (exact) mass is 1060 g/mol. The summed E-state index contributed by atoms with van der Waals surface area (Å²) in [6, 6.07) is 22.7. The zero-order valence-electron chi connectivity index (χ0n) is 39.5. The van der Waals surface area contributed by atoms with Crippen LogP contribution < -0.4 is 5.32 Å². The average molecular weight is 1070 g/mol. The molecule has 3 fully saturated rings. The lowest BCUT2D eigenvalue weighted by atomic mass is 9.69. The number of aliphatic imine (C=N–C) groups is 1. The van der Waals surface area contributed by atoms with Crippen LogP contribution in [0.3, 0.4) is 0 Å². The van der Waals surface area contributed by atoms with Crippen LogP contribution in [0, 0.1) is 22.7 Å². The molecule has 0 radical (unpaired) electrons. The molecule has 1 N–H and O–H groups in total. The van der Waals surface area contributed by atoms with Gasteiger partial charge in [-0.05, 0) is 178 Å². The minimum absolute atomic E-state index is 0.0322. The lowest BCUT2D eigenvalue weighted by Crippen LogP contribution is -2.55. The molecule has 0 bridgehead atoms. The Hall–Kier alpha value is -3.69. The number of hydrogen-bond acceptors (Lipinski definition) is 10. The van der Waals surface area contributed by atoms with E-state index in [1.807, 2.05) is 53.4 Å². The van der Waals surface area contributed by atoms with Crippen LogP contribution >= 0.6 is 54.5 Å². The van der Waals surface area contributed by atoms with Gasteiger partial charge in [0.25, 0.3) is 5.91 Å². The number of ether oxygens (including phenoxy) is 2. The summed E-state index contributed by atoms with van der Waals surface area (Å²) in [5, 5.41) is 3.78. The number of carbonyl (C=O) groups is 4. The fraction of sp³-hybridized carbons (Fsp3) is 0.519. The van der Waals surface area contributed by atoms with Gasteiger partial charge in [0.1, 0.15) is 17.4 Å². The molecule has 4 aromatic rings. The van der Waals surface area contributed by atoms with Crippen LogP contribution in [-0.2, 0) is 31.9 Å². The minimum atomic E-state index is -0.448. The molecular formula is C52H64Br2N4O6S2. The maximum atomic E-state index is 13.7. The van der Waals surface area contributed by atoms with Crippen molar-refractivity contribution in [2.24, 2.45) is 27.7 Å². The van der Waals surface area contributed by atoms with Crippen molar-refractivity contribution < 1.29 is 28.7 Å². The molecule has 2 aliphatic carbocycles. The van der Waals surface area contributed by atoms with Gasteiger partial charge >= 0.3 is 11.9 Å². The summed E-state index contributed by atoms with van der Waals surface area (Å²) in [7, 11) is 2.77. The highest BCUT2D eigenvalue weighted by Crippen LogP contribution is 2.49. The Morgan fingerprint density at radius 3 is 1.59 bits per heavy atom. The summed E-state index contributed by atoms with van der Waals surface area (Å²) in [5.41, 5.74) is 3.68. The van der Waals surface area contributed by atoms with Crippen LogP contribution in [0.2, 0.25) is 0 Å². The van der Waals surface area contributed by atoms with Crippen molar-refractivity contribution in [1.29, 1.82) is 0 Å². The molecule has 354 valence electrons. The van der Waals surface area contributed by atoms with Gasteiger partial charge in [-0.2, -0.15) is 0 Å². The van der Waals surface area contributed by atoms with E-state index in [0.717, 1.165) is 86.2 Å². The number of amides is 2. The molecule has 4 aliphatic rings. The van der Waals surface area contributed by atoms with Gasteiger partial charge in [0.05, 0.1) is 43.5 Å². The number of rotatable bonds is 10. The Bertz CT molecular complexity index is 2340. The quantitative estimate of drug-likeness (QED) is 0.157. The lowest BCUT2D eigenvalue weighted by Gasteiger charge is -2.46. The summed E-state index contributed by atoms with van der Waals surface area (Å²) in [6.45, 7) is 15.2. The fourth-order valence-electron chi connectivity index (χ4n) is 10.4. The second-order valence-corrected chi connectivity index (χ2v) is 25.4. The Balaban J connectivity index is 0.000000196. The number of nitrogens with one attached hydrogen (secondary N) is 1. The van der Waals surface area contributed by atoms with Crippen LogP contribution in [0.15, 0.2) is 85.4 Å². The summed E-state index contributed by atoms with van der Waals surface area (Å²) in [4.78, 5) is 61.9. The zero-order chi connectivity index (χ0) is 47.6. The van der Waals surface area contributed by atoms with Gasteiger partial charge in [0, 0.05) is 18.0 Å². The maximum Gasteiger partial charge on any atom is 0.337 e. The molecule has 2 saturated carbocycles. The normalized spacial score (nSPS) is 24.4. The largest absolute Gasteiger partial charge is 0.465 e. The van der Waals surface area contributed by atoms with Crippen LogP contribution in [0.4, 0.5) is 0 Å². The molecule has 2 aliphatic heterocycles. The van der Waals surface area contributed by atoms with Crippen molar-refractivity contribution in [2.75, 3.05) is 27.3 Å². The number of nitrogens with zero attached hydrogens (tertiary/aromatic N) is 3. The summed E-state index contributed by atoms with van der Waals surface area (Å²) in [5.74, 6) is 0.837. The van der Waals surface area contributed by atoms with Crippen molar-refractivity contribution in [2.45, 2.75) is 123 Å². The van der Waals surface area contributed by atoms with Crippen LogP contribution in [0.25, 0.3) is 0 Å². The molecule has 14 heteroatoms. The molecule has 1 unspecified atom stereocenters. The van der Waals surface area contributed by atoms with E-state index in [4.69, 9.17) is 14.5 Å². The van der Waals surface area contributed by atoms with Crippen molar-refractivity contribution in [3.05, 3.63) is 112 Å². The molecule has 2 amide bonds. The van der Waals surface area contributed by atoms with E-state index in [1.54, 1.807) is 46.9 Å². The topological polar surface area (TPSA) is 118 Å². The highest BCUT2D eigenvalue weighted by molar-refractivity contribution is 9.11. The first kappa shape index (κ1) is 50.2. The van der Waals surface area contributed by atoms with Gasteiger partial charge in [-0.25, -0.2) is 14.6 Å². The molecule has 8 rings (SSSR count). The molecule has 66 heavy (non-hydrogen) atoms. The van der Waals surface area contributed by atoms with E-state index in [-0.39, 0.29) is 46.3 Å². The van der Waals surface area contributed by atoms with Crippen molar-refractivity contribution in [3.63, 3.8) is 0 Å². The number of thiophene rings is 2. The molecule has 4 heterocycles. The Morgan fingerprint density at radius 1 is 0.682 bits per heavy atom. The average Bonchev–Trinajstić information content (AvgIpc) is 4.05. The van der Waals surface area contributed by atoms with Crippen molar-refractivity contribution >= 4 is 84.0 Å². The van der Waals surface area contributed by atoms with E-state index in [9.17, 15) is 19.2 Å². The second kappa shape index (κ2) is 20.5. The third-order valence-corrected chi connectivity index (χ3v) is 17.8. The van der Waals surface area contributed by atoms with Gasteiger partial charge < -0.3 is 19.3 Å². The van der Waals surface area contributed by atoms with Gasteiger partial charge in [-0.1, -0.05) is 65.8 Å². The molecule has 1 atom stereocenters. The third kappa shape index (κ3) is 11.1. The predicted octanol–water partition coefficient (Wildman–Crippen LogP) is 12.0. The smallest absolute Gasteiger partial charge is 0.337 e. The van der Waals surface area contributed by atoms with Gasteiger partial charge in [0.15, 0.2) is 0 Å². The molecular weight excluding hydrogens is 1000 g/mol. The highest BCUT2D eigenvalue weighted by atomic mass is 79.9. The molecule has 10 nitrogen and oxygen atoms in total. The van der Waals surface area contributed by atoms with Crippen molar-refractivity contribution in [3.8, 4) is 0 Å². The first-order chi connectivity index (χ1) is 31.3. The SMILES string of the molecule is COC(=O)c1ccc(CCN2C(=O)C(c3ccc(Br)s3)=NC23CCC(C(C)(C)C)CC3)cc1.COC(=O)c1ccc(CCN2C(=O)C(c3ccc(Br)s3)NC23CCC(C(C)(C)C)CC3)cc1. The van der Waals surface area contributed by atoms with Crippen LogP contribution in [-0.4, -0.2) is 77.9 Å². The van der Waals surface area contributed by atoms with Crippen LogP contribution in [0.1, 0.15) is 141 Å². The van der Waals surface area contributed by atoms with E-state index >= 15 is 0 Å². The molecule has 2 aromatic carbocycles. The maximum absolute atomic E-state index is 13.7. The van der Waals surface area contributed by atoms with Crippen molar-refractivity contribution in [1.82, 2.24) is 15.1 Å². The number of carbonyl (C=O) groups excluding carboxylic acids is 4. The van der Waals surface area contributed by atoms with E-state index in [0.29, 0.717) is 48.2 Å². The van der Waals surface area contributed by atoms with Gasteiger partial charge in [-0.15, -0.1) is 22.7 Å². The lowest BCUT2D eigenvalue weighted by molar-refractivity contribution is -0.133. The van der Waals surface area contributed by atoms with E-state index in [1.165, 1.54) is 14.2 Å². The fourth-order valence-corrected chi connectivity index (χ4v) is 13.2. The van der Waals surface area contributed by atoms with Crippen LogP contribution in [0.5, 0.6) is 0 Å². The predicted molar refractivity (Wildman–Crippen MR) is 271 cm³/mol. The first-order valence-corrected chi connectivity index (χ1v) is 26.3. The van der Waals surface area contributed by atoms with E-state index < -0.39 is 5.66 Å². The summed E-state index contributed by atoms with van der Waals surface area (Å²) in [6.07, 6.45) is 9.61. The minimum Gasteiger partial charge on any atom is -0.465 e. The standard InChI is InChI=1S/C26H33BrN2O3S.C26H31BrN2O3S/c2*1-25(2,3)19-11-14-26(15-12-19)28-22(20-9-10-21(27)33-20)23(30)29(26)16-13-17-5-7-18(8-6-17)24(31)32-4/h5-10,19,22,28H,11-16H2,1-4H3;5-10,19H,11-16H2,1-4H3. The first-order valence-electron chi connectivity index (χ1n) is 23.1. The number of halogens is 2. The second-order valence-electron chi connectivity index (χ2n) is 20.4. The zero-order valence-corrected chi connectivity index (χ0v) is 44.3. The van der Waals surface area contributed by atoms with Gasteiger partial charge in [0.2, 0.25) is 5.91 Å². The summed E-state index contributed by atoms with van der Waals surface area (Å²) >= 11 is 10.3. The number of hydrogen-bond donors (Lipinski definition) is 1. The Kier molecular flexibility index (Phi) is 15.6. The molecule has 1 saturated heterocycles. The highest BCUT2D eigenvalue weighted by Gasteiger charge is 2.53. The summed E-state index contributed by atoms with van der Waals surface area (Å²) < 4.78 is 11.6. The number of benzene rings is 2. The molecule has 2 spiro atoms. The number of esters is 2. The Labute approximate surface area is 415 Å². The third-order valence-electron chi connectivity index (χ3n) is 14.4. The number of methoxy groups -OCH3 is 2. The van der Waals surface area contributed by atoms with E-state index in [2.05, 4.69) is 83.6 Å².